The van der Waals surface area contributed by atoms with Crippen molar-refractivity contribution in [1.82, 2.24) is 0 Å². The van der Waals surface area contributed by atoms with Crippen molar-refractivity contribution in [2.75, 3.05) is 0 Å². The first-order valence-corrected chi connectivity index (χ1v) is 6.31. The van der Waals surface area contributed by atoms with Crippen LogP contribution in [0.2, 0.25) is 0 Å². The fourth-order valence-corrected chi connectivity index (χ4v) is 1.81. The molecule has 2 aromatic rings. The average molecular weight is 291 g/mol. The quantitative estimate of drug-likeness (QED) is 0.677. The van der Waals surface area contributed by atoms with E-state index >= 15 is 0 Å². The Labute approximate surface area is 120 Å². The lowest BCUT2D eigenvalue weighted by Gasteiger charge is -2.10. The second kappa shape index (κ2) is 6.32. The molecule has 2 aromatic carbocycles. The summed E-state index contributed by atoms with van der Waals surface area (Å²) in [4.78, 5) is 10.2. The van der Waals surface area contributed by atoms with Gasteiger partial charge in [-0.05, 0) is 30.2 Å². The molecule has 0 bridgehead atoms. The number of ether oxygens (including phenoxy) is 1. The zero-order valence-electron chi connectivity index (χ0n) is 11.3. The summed E-state index contributed by atoms with van der Waals surface area (Å²) in [5.74, 6) is -0.551. The molecule has 1 N–H and O–H groups in total. The summed E-state index contributed by atoms with van der Waals surface area (Å²) in [6.07, 6.45) is -0.759. The lowest BCUT2D eigenvalue weighted by Crippen LogP contribution is -2.00. The van der Waals surface area contributed by atoms with Crippen LogP contribution in [0.5, 0.6) is 5.75 Å². The van der Waals surface area contributed by atoms with E-state index in [-0.39, 0.29) is 18.0 Å². The number of non-ortho nitro benzene ring substituents is 1. The van der Waals surface area contributed by atoms with Gasteiger partial charge in [-0.25, -0.2) is 4.39 Å². The van der Waals surface area contributed by atoms with E-state index in [0.717, 1.165) is 0 Å². The molecule has 0 aromatic heterocycles. The summed E-state index contributed by atoms with van der Waals surface area (Å²) in [7, 11) is 0. The smallest absolute Gasteiger partial charge is 0.269 e. The van der Waals surface area contributed by atoms with Crippen molar-refractivity contribution in [3.63, 3.8) is 0 Å². The Hall–Kier alpha value is -2.47. The number of rotatable bonds is 5. The number of benzene rings is 2. The minimum Gasteiger partial charge on any atom is -0.486 e. The predicted octanol–water partition coefficient (Wildman–Crippen LogP) is 3.37. The first-order chi connectivity index (χ1) is 9.97. The van der Waals surface area contributed by atoms with E-state index in [1.54, 1.807) is 25.1 Å². The molecule has 21 heavy (non-hydrogen) atoms. The van der Waals surface area contributed by atoms with Gasteiger partial charge in [0.25, 0.3) is 5.69 Å². The van der Waals surface area contributed by atoms with Gasteiger partial charge in [0.2, 0.25) is 0 Å². The summed E-state index contributed by atoms with van der Waals surface area (Å²) in [6.45, 7) is 1.56. The second-order valence-electron chi connectivity index (χ2n) is 4.58. The molecule has 0 heterocycles. The molecular weight excluding hydrogens is 277 g/mol. The third-order valence-electron chi connectivity index (χ3n) is 2.95. The van der Waals surface area contributed by atoms with Crippen LogP contribution in [-0.4, -0.2) is 10.0 Å². The lowest BCUT2D eigenvalue weighted by atomic mass is 10.1. The number of nitro groups is 1. The number of halogens is 1. The van der Waals surface area contributed by atoms with Crippen LogP contribution in [-0.2, 0) is 6.61 Å². The molecule has 1 atom stereocenters. The Morgan fingerprint density at radius 2 is 2.10 bits per heavy atom. The summed E-state index contributed by atoms with van der Waals surface area (Å²) >= 11 is 0. The molecule has 0 fully saturated rings. The summed E-state index contributed by atoms with van der Waals surface area (Å²) in [6, 6.07) is 10.2. The Morgan fingerprint density at radius 1 is 1.33 bits per heavy atom. The van der Waals surface area contributed by atoms with E-state index in [1.807, 2.05) is 0 Å². The number of aliphatic hydroxyl groups excluding tert-OH is 1. The highest BCUT2D eigenvalue weighted by Crippen LogP contribution is 2.23. The van der Waals surface area contributed by atoms with Gasteiger partial charge in [0.1, 0.15) is 6.61 Å². The molecule has 6 heteroatoms. The highest BCUT2D eigenvalue weighted by molar-refractivity contribution is 5.35. The fraction of sp³-hybridized carbons (Fsp3) is 0.200. The first-order valence-electron chi connectivity index (χ1n) is 6.31. The van der Waals surface area contributed by atoms with E-state index in [0.29, 0.717) is 11.1 Å². The van der Waals surface area contributed by atoms with Crippen molar-refractivity contribution in [1.29, 1.82) is 0 Å². The van der Waals surface area contributed by atoms with Crippen LogP contribution >= 0.6 is 0 Å². The first kappa shape index (κ1) is 14.9. The van der Waals surface area contributed by atoms with E-state index in [9.17, 15) is 19.6 Å². The molecule has 0 spiro atoms. The highest BCUT2D eigenvalue weighted by atomic mass is 19.1. The van der Waals surface area contributed by atoms with Crippen molar-refractivity contribution in [2.45, 2.75) is 19.6 Å². The molecule has 1 unspecified atom stereocenters. The molecule has 0 saturated carbocycles. The van der Waals surface area contributed by atoms with E-state index in [4.69, 9.17) is 4.74 Å². The Morgan fingerprint density at radius 3 is 2.71 bits per heavy atom. The van der Waals surface area contributed by atoms with Gasteiger partial charge in [0.05, 0.1) is 11.0 Å². The van der Waals surface area contributed by atoms with Crippen LogP contribution < -0.4 is 4.74 Å². The van der Waals surface area contributed by atoms with Gasteiger partial charge >= 0.3 is 0 Å². The molecular formula is C15H14FNO4. The largest absolute Gasteiger partial charge is 0.486 e. The van der Waals surface area contributed by atoms with Gasteiger partial charge in [-0.15, -0.1) is 0 Å². The minimum absolute atomic E-state index is 0.0205. The zero-order valence-corrected chi connectivity index (χ0v) is 11.3. The molecule has 110 valence electrons. The molecule has 0 aliphatic rings. The van der Waals surface area contributed by atoms with Gasteiger partial charge in [-0.2, -0.15) is 0 Å². The van der Waals surface area contributed by atoms with Crippen LogP contribution in [0.1, 0.15) is 24.2 Å². The number of hydrogen-bond donors (Lipinski definition) is 1. The van der Waals surface area contributed by atoms with Crippen LogP contribution in [0, 0.1) is 15.9 Å². The van der Waals surface area contributed by atoms with E-state index in [1.165, 1.54) is 24.3 Å². The number of aliphatic hydroxyl groups is 1. The average Bonchev–Trinajstić information content (AvgIpc) is 2.46. The normalized spacial score (nSPS) is 12.0. The Balaban J connectivity index is 2.09. The molecule has 2 rings (SSSR count). The third kappa shape index (κ3) is 3.76. The summed E-state index contributed by atoms with van der Waals surface area (Å²) in [5.41, 5.74) is 0.986. The molecule has 0 amide bonds. The maximum Gasteiger partial charge on any atom is 0.269 e. The predicted molar refractivity (Wildman–Crippen MR) is 74.5 cm³/mol. The molecule has 0 saturated heterocycles. The van der Waals surface area contributed by atoms with Crippen molar-refractivity contribution in [3.8, 4) is 5.75 Å². The maximum atomic E-state index is 13.8. The zero-order chi connectivity index (χ0) is 15.4. The monoisotopic (exact) mass is 291 g/mol. The number of nitrogens with zero attached hydrogens (tertiary/aromatic N) is 1. The van der Waals surface area contributed by atoms with Gasteiger partial charge in [0.15, 0.2) is 11.6 Å². The van der Waals surface area contributed by atoms with Gasteiger partial charge < -0.3 is 9.84 Å². The topological polar surface area (TPSA) is 72.6 Å². The minimum atomic E-state index is -0.759. The van der Waals surface area contributed by atoms with Crippen LogP contribution in [0.3, 0.4) is 0 Å². The van der Waals surface area contributed by atoms with Crippen LogP contribution in [0.4, 0.5) is 10.1 Å². The van der Waals surface area contributed by atoms with Gasteiger partial charge in [-0.1, -0.05) is 18.2 Å². The van der Waals surface area contributed by atoms with Crippen molar-refractivity contribution in [3.05, 3.63) is 69.5 Å². The lowest BCUT2D eigenvalue weighted by molar-refractivity contribution is -0.384. The van der Waals surface area contributed by atoms with Gasteiger partial charge in [-0.3, -0.25) is 10.1 Å². The van der Waals surface area contributed by atoms with E-state index in [2.05, 4.69) is 0 Å². The third-order valence-corrected chi connectivity index (χ3v) is 2.95. The maximum absolute atomic E-state index is 13.8. The van der Waals surface area contributed by atoms with Crippen LogP contribution in [0.15, 0.2) is 42.5 Å². The molecule has 5 nitrogen and oxygen atoms in total. The molecule has 0 radical (unpaired) electrons. The van der Waals surface area contributed by atoms with Gasteiger partial charge in [0, 0.05) is 12.1 Å². The van der Waals surface area contributed by atoms with Crippen molar-refractivity contribution in [2.24, 2.45) is 0 Å². The van der Waals surface area contributed by atoms with Crippen molar-refractivity contribution < 1.29 is 19.2 Å². The summed E-state index contributed by atoms with van der Waals surface area (Å²) < 4.78 is 19.1. The molecule has 0 aliphatic heterocycles. The van der Waals surface area contributed by atoms with Crippen LogP contribution in [0.25, 0.3) is 0 Å². The second-order valence-corrected chi connectivity index (χ2v) is 4.58. The molecule has 0 aliphatic carbocycles. The van der Waals surface area contributed by atoms with Crippen molar-refractivity contribution >= 4 is 5.69 Å². The standard InChI is InChI=1S/C15H14FNO4/c1-10(18)12-5-6-15(14(16)8-12)21-9-11-3-2-4-13(7-11)17(19)20/h2-8,10,18H,9H2,1H3. The Bertz CT molecular complexity index is 658. The fourth-order valence-electron chi connectivity index (χ4n) is 1.81. The highest BCUT2D eigenvalue weighted by Gasteiger charge is 2.10. The van der Waals surface area contributed by atoms with E-state index < -0.39 is 16.8 Å². The summed E-state index contributed by atoms with van der Waals surface area (Å²) in [5, 5.41) is 20.0. The SMILES string of the molecule is CC(O)c1ccc(OCc2cccc([N+](=O)[O-])c2)c(F)c1. The number of hydrogen-bond acceptors (Lipinski definition) is 4. The number of nitro benzene ring substituents is 1. The Kier molecular flexibility index (Phi) is 4.49.